The van der Waals surface area contributed by atoms with E-state index in [1.54, 1.807) is 18.6 Å². The molecule has 0 saturated heterocycles. The van der Waals surface area contributed by atoms with Crippen molar-refractivity contribution in [1.82, 2.24) is 9.97 Å². The van der Waals surface area contributed by atoms with Gasteiger partial charge in [0, 0.05) is 18.0 Å². The third kappa shape index (κ3) is 1.59. The van der Waals surface area contributed by atoms with Crippen LogP contribution < -0.4 is 5.73 Å². The SMILES string of the molecule is Cc1ccc(-c2cnccn2)c(C#N)c1N. The highest BCUT2D eigenvalue weighted by Gasteiger charge is 2.10. The molecule has 0 bridgehead atoms. The van der Waals surface area contributed by atoms with Gasteiger partial charge in [-0.15, -0.1) is 0 Å². The van der Waals surface area contributed by atoms with Gasteiger partial charge in [0.2, 0.25) is 0 Å². The zero-order valence-electron chi connectivity index (χ0n) is 8.81. The maximum absolute atomic E-state index is 9.11. The molecule has 1 heterocycles. The average Bonchev–Trinajstić information content (AvgIpc) is 2.33. The van der Waals surface area contributed by atoms with Crippen LogP contribution in [0, 0.1) is 18.3 Å². The molecule has 0 spiro atoms. The van der Waals surface area contributed by atoms with E-state index >= 15 is 0 Å². The lowest BCUT2D eigenvalue weighted by Gasteiger charge is -2.07. The largest absolute Gasteiger partial charge is 0.397 e. The first-order valence-corrected chi connectivity index (χ1v) is 4.79. The number of anilines is 1. The first-order chi connectivity index (χ1) is 7.74. The van der Waals surface area contributed by atoms with Crippen molar-refractivity contribution in [2.75, 3.05) is 5.73 Å². The van der Waals surface area contributed by atoms with Gasteiger partial charge in [-0.3, -0.25) is 9.97 Å². The number of nitrogens with two attached hydrogens (primary N) is 1. The Morgan fingerprint density at radius 1 is 1.31 bits per heavy atom. The molecule has 0 radical (unpaired) electrons. The maximum atomic E-state index is 9.11. The van der Waals surface area contributed by atoms with Gasteiger partial charge >= 0.3 is 0 Å². The normalized spacial score (nSPS) is 9.75. The Labute approximate surface area is 93.4 Å². The van der Waals surface area contributed by atoms with Crippen molar-refractivity contribution in [1.29, 1.82) is 5.26 Å². The summed E-state index contributed by atoms with van der Waals surface area (Å²) in [5.74, 6) is 0. The number of rotatable bonds is 1. The van der Waals surface area contributed by atoms with Crippen LogP contribution >= 0.6 is 0 Å². The van der Waals surface area contributed by atoms with Crippen LogP contribution in [0.4, 0.5) is 5.69 Å². The molecule has 0 amide bonds. The highest BCUT2D eigenvalue weighted by atomic mass is 14.8. The molecule has 0 aliphatic rings. The summed E-state index contributed by atoms with van der Waals surface area (Å²) in [5.41, 5.74) is 9.10. The molecule has 0 fully saturated rings. The smallest absolute Gasteiger partial charge is 0.102 e. The lowest BCUT2D eigenvalue weighted by atomic mass is 10.0. The molecule has 4 heteroatoms. The van der Waals surface area contributed by atoms with Crippen molar-refractivity contribution < 1.29 is 0 Å². The van der Waals surface area contributed by atoms with Crippen LogP contribution in [-0.2, 0) is 0 Å². The number of nitriles is 1. The number of aromatic nitrogens is 2. The quantitative estimate of drug-likeness (QED) is 0.729. The number of hydrogen-bond acceptors (Lipinski definition) is 4. The maximum Gasteiger partial charge on any atom is 0.102 e. The minimum atomic E-state index is 0.459. The van der Waals surface area contributed by atoms with Crippen molar-refractivity contribution in [2.24, 2.45) is 0 Å². The van der Waals surface area contributed by atoms with Gasteiger partial charge in [0.1, 0.15) is 6.07 Å². The van der Waals surface area contributed by atoms with Gasteiger partial charge in [-0.1, -0.05) is 12.1 Å². The number of benzene rings is 1. The fraction of sp³-hybridized carbons (Fsp3) is 0.0833. The molecular weight excluding hydrogens is 200 g/mol. The molecule has 0 atom stereocenters. The molecule has 1 aromatic heterocycles. The summed E-state index contributed by atoms with van der Waals surface area (Å²) in [6.45, 7) is 1.87. The molecule has 0 unspecified atom stereocenters. The van der Waals surface area contributed by atoms with Gasteiger partial charge in [0.05, 0.1) is 23.1 Å². The summed E-state index contributed by atoms with van der Waals surface area (Å²) in [7, 11) is 0. The summed E-state index contributed by atoms with van der Waals surface area (Å²) in [6, 6.07) is 5.83. The molecule has 78 valence electrons. The Morgan fingerprint density at radius 2 is 2.12 bits per heavy atom. The highest BCUT2D eigenvalue weighted by molar-refractivity contribution is 5.76. The first-order valence-electron chi connectivity index (χ1n) is 4.79. The van der Waals surface area contributed by atoms with E-state index in [2.05, 4.69) is 16.0 Å². The van der Waals surface area contributed by atoms with Gasteiger partial charge in [-0.05, 0) is 12.5 Å². The van der Waals surface area contributed by atoms with E-state index in [1.165, 1.54) is 0 Å². The molecule has 2 aromatic rings. The average molecular weight is 210 g/mol. The number of hydrogen-bond donors (Lipinski definition) is 1. The molecule has 1 aromatic carbocycles. The Morgan fingerprint density at radius 3 is 2.75 bits per heavy atom. The Hall–Kier alpha value is -2.41. The Kier molecular flexibility index (Phi) is 2.52. The van der Waals surface area contributed by atoms with Crippen molar-refractivity contribution in [3.63, 3.8) is 0 Å². The third-order valence-corrected chi connectivity index (χ3v) is 2.41. The van der Waals surface area contributed by atoms with Crippen molar-refractivity contribution in [2.45, 2.75) is 6.92 Å². The fourth-order valence-corrected chi connectivity index (χ4v) is 1.50. The molecule has 4 nitrogen and oxygen atoms in total. The summed E-state index contributed by atoms with van der Waals surface area (Å²) in [4.78, 5) is 8.14. The van der Waals surface area contributed by atoms with E-state index in [1.807, 2.05) is 19.1 Å². The van der Waals surface area contributed by atoms with E-state index < -0.39 is 0 Å². The third-order valence-electron chi connectivity index (χ3n) is 2.41. The van der Waals surface area contributed by atoms with E-state index in [0.717, 1.165) is 11.1 Å². The second kappa shape index (κ2) is 3.99. The van der Waals surface area contributed by atoms with E-state index in [0.29, 0.717) is 16.9 Å². The number of nitrogen functional groups attached to an aromatic ring is 1. The van der Waals surface area contributed by atoms with Crippen LogP contribution in [0.3, 0.4) is 0 Å². The van der Waals surface area contributed by atoms with E-state index in [9.17, 15) is 0 Å². The lowest BCUT2D eigenvalue weighted by molar-refractivity contribution is 1.20. The summed E-state index contributed by atoms with van der Waals surface area (Å²) in [5, 5.41) is 9.11. The minimum absolute atomic E-state index is 0.459. The predicted octanol–water partition coefficient (Wildman–Crippen LogP) is 1.91. The van der Waals surface area contributed by atoms with Gasteiger partial charge < -0.3 is 5.73 Å². The Bertz CT molecular complexity index is 555. The van der Waals surface area contributed by atoms with Crippen molar-refractivity contribution in [3.8, 4) is 17.3 Å². The zero-order chi connectivity index (χ0) is 11.5. The molecule has 2 N–H and O–H groups in total. The summed E-state index contributed by atoms with van der Waals surface area (Å²) >= 11 is 0. The first kappa shape index (κ1) is 10.1. The number of nitrogens with zero attached hydrogens (tertiary/aromatic N) is 3. The van der Waals surface area contributed by atoms with Crippen LogP contribution in [0.1, 0.15) is 11.1 Å². The molecule has 2 rings (SSSR count). The van der Waals surface area contributed by atoms with Crippen LogP contribution in [-0.4, -0.2) is 9.97 Å². The Balaban J connectivity index is 2.68. The molecular formula is C12H10N4. The van der Waals surface area contributed by atoms with Gasteiger partial charge in [-0.2, -0.15) is 5.26 Å². The van der Waals surface area contributed by atoms with Crippen molar-refractivity contribution >= 4 is 5.69 Å². The van der Waals surface area contributed by atoms with E-state index in [-0.39, 0.29) is 0 Å². The van der Waals surface area contributed by atoms with Gasteiger partial charge in [-0.25, -0.2) is 0 Å². The minimum Gasteiger partial charge on any atom is -0.397 e. The summed E-state index contributed by atoms with van der Waals surface area (Å²) < 4.78 is 0. The van der Waals surface area contributed by atoms with Crippen LogP contribution in [0.15, 0.2) is 30.7 Å². The predicted molar refractivity (Wildman–Crippen MR) is 61.3 cm³/mol. The topological polar surface area (TPSA) is 75.6 Å². The second-order valence-corrected chi connectivity index (χ2v) is 3.42. The lowest BCUT2D eigenvalue weighted by Crippen LogP contribution is -1.97. The molecule has 16 heavy (non-hydrogen) atoms. The molecule has 0 aliphatic heterocycles. The standard InChI is InChI=1S/C12H10N4/c1-8-2-3-9(10(6-13)12(8)14)11-7-15-4-5-16-11/h2-5,7H,14H2,1H3. The fourth-order valence-electron chi connectivity index (χ4n) is 1.50. The number of aryl methyl sites for hydroxylation is 1. The van der Waals surface area contributed by atoms with Crippen LogP contribution in [0.5, 0.6) is 0 Å². The highest BCUT2D eigenvalue weighted by Crippen LogP contribution is 2.27. The van der Waals surface area contributed by atoms with E-state index in [4.69, 9.17) is 11.0 Å². The van der Waals surface area contributed by atoms with Crippen LogP contribution in [0.2, 0.25) is 0 Å². The monoisotopic (exact) mass is 210 g/mol. The van der Waals surface area contributed by atoms with Gasteiger partial charge in [0.25, 0.3) is 0 Å². The van der Waals surface area contributed by atoms with Gasteiger partial charge in [0.15, 0.2) is 0 Å². The molecule has 0 saturated carbocycles. The van der Waals surface area contributed by atoms with Crippen molar-refractivity contribution in [3.05, 3.63) is 41.9 Å². The zero-order valence-corrected chi connectivity index (χ0v) is 8.81. The van der Waals surface area contributed by atoms with Crippen LogP contribution in [0.25, 0.3) is 11.3 Å². The second-order valence-electron chi connectivity index (χ2n) is 3.42. The summed E-state index contributed by atoms with van der Waals surface area (Å²) in [6.07, 6.45) is 4.80. The molecule has 0 aliphatic carbocycles.